The average molecular weight is 297 g/mol. The second-order valence-corrected chi connectivity index (χ2v) is 7.45. The molecule has 2 heterocycles. The number of aliphatic hydroxyl groups excluding tert-OH is 1. The van der Waals surface area contributed by atoms with E-state index in [1.54, 1.807) is 11.3 Å². The van der Waals surface area contributed by atoms with Crippen molar-refractivity contribution in [3.8, 4) is 0 Å². The van der Waals surface area contributed by atoms with E-state index in [1.807, 2.05) is 13.1 Å². The number of β-amino-alcohol motifs (C(OH)–C–C–N with tert-alkyl or cyclic N) is 1. The molecule has 1 aromatic heterocycles. The van der Waals surface area contributed by atoms with Crippen LogP contribution in [0.3, 0.4) is 0 Å². The average Bonchev–Trinajstić information content (AvgIpc) is 2.76. The highest BCUT2D eigenvalue weighted by atomic mass is 32.1. The molecule has 1 atom stereocenters. The molecule has 114 valence electrons. The van der Waals surface area contributed by atoms with Gasteiger partial charge in [0.15, 0.2) is 0 Å². The van der Waals surface area contributed by atoms with Crippen LogP contribution in [0.25, 0.3) is 0 Å². The smallest absolute Gasteiger partial charge is 0.0897 e. The molecule has 0 bridgehead atoms. The van der Waals surface area contributed by atoms with Gasteiger partial charge in [0.25, 0.3) is 0 Å². The van der Waals surface area contributed by atoms with Gasteiger partial charge in [-0.3, -0.25) is 0 Å². The lowest BCUT2D eigenvalue weighted by atomic mass is 9.96. The summed E-state index contributed by atoms with van der Waals surface area (Å²) in [5.74, 6) is 0.791. The van der Waals surface area contributed by atoms with Crippen LogP contribution in [0.5, 0.6) is 0 Å². The summed E-state index contributed by atoms with van der Waals surface area (Å²) in [6, 6.07) is 0. The Kier molecular flexibility index (Phi) is 5.96. The molecular formula is C15H27N3OS. The van der Waals surface area contributed by atoms with Gasteiger partial charge in [0.05, 0.1) is 11.1 Å². The molecule has 5 heteroatoms. The Balaban J connectivity index is 1.69. The molecule has 1 aromatic rings. The molecule has 0 spiro atoms. The van der Waals surface area contributed by atoms with E-state index in [2.05, 4.69) is 28.8 Å². The summed E-state index contributed by atoms with van der Waals surface area (Å²) < 4.78 is 0. The molecule has 0 radical (unpaired) electrons. The fourth-order valence-corrected chi connectivity index (χ4v) is 3.85. The summed E-state index contributed by atoms with van der Waals surface area (Å²) in [6.07, 6.45) is 4.29. The van der Waals surface area contributed by atoms with Crippen LogP contribution in [0.4, 0.5) is 0 Å². The summed E-state index contributed by atoms with van der Waals surface area (Å²) >= 11 is 1.80. The predicted octanol–water partition coefficient (Wildman–Crippen LogP) is 1.98. The van der Waals surface area contributed by atoms with Gasteiger partial charge in [-0.05, 0) is 52.7 Å². The third kappa shape index (κ3) is 5.13. The van der Waals surface area contributed by atoms with E-state index in [0.29, 0.717) is 0 Å². The minimum absolute atomic E-state index is 0.205. The number of nitrogens with zero attached hydrogens (tertiary/aromatic N) is 3. The summed E-state index contributed by atoms with van der Waals surface area (Å²) in [7, 11) is 2.21. The number of hydrogen-bond acceptors (Lipinski definition) is 5. The molecule has 0 aromatic carbocycles. The first-order chi connectivity index (χ1) is 9.52. The first-order valence-electron chi connectivity index (χ1n) is 7.53. The van der Waals surface area contributed by atoms with E-state index in [0.717, 1.165) is 37.1 Å². The second kappa shape index (κ2) is 7.50. The SMILES string of the molecule is Cc1ncc(CN(C)CC2CCN(CC(C)O)CC2)s1. The van der Waals surface area contributed by atoms with Crippen LogP contribution in [-0.4, -0.2) is 59.2 Å². The monoisotopic (exact) mass is 297 g/mol. The number of aliphatic hydroxyl groups is 1. The molecule has 0 saturated carbocycles. The molecule has 4 nitrogen and oxygen atoms in total. The Hall–Kier alpha value is -0.490. The zero-order valence-corrected chi connectivity index (χ0v) is 13.7. The summed E-state index contributed by atoms with van der Waals surface area (Å²) in [4.78, 5) is 10.5. The van der Waals surface area contributed by atoms with Gasteiger partial charge in [-0.15, -0.1) is 11.3 Å². The van der Waals surface area contributed by atoms with E-state index < -0.39 is 0 Å². The summed E-state index contributed by atoms with van der Waals surface area (Å²) in [5.41, 5.74) is 0. The highest BCUT2D eigenvalue weighted by Crippen LogP contribution is 2.20. The first kappa shape index (κ1) is 15.9. The van der Waals surface area contributed by atoms with E-state index in [1.165, 1.54) is 24.3 Å². The van der Waals surface area contributed by atoms with Gasteiger partial charge in [0, 0.05) is 30.7 Å². The van der Waals surface area contributed by atoms with Crippen molar-refractivity contribution in [2.75, 3.05) is 33.2 Å². The Morgan fingerprint density at radius 3 is 2.75 bits per heavy atom. The Morgan fingerprint density at radius 2 is 2.20 bits per heavy atom. The van der Waals surface area contributed by atoms with Gasteiger partial charge >= 0.3 is 0 Å². The van der Waals surface area contributed by atoms with Gasteiger partial charge in [-0.25, -0.2) is 4.98 Å². The molecule has 1 saturated heterocycles. The van der Waals surface area contributed by atoms with E-state index in [4.69, 9.17) is 0 Å². The van der Waals surface area contributed by atoms with Crippen LogP contribution >= 0.6 is 11.3 Å². The number of thiazole rings is 1. The van der Waals surface area contributed by atoms with E-state index in [9.17, 15) is 5.11 Å². The van der Waals surface area contributed by atoms with Crippen LogP contribution in [-0.2, 0) is 6.54 Å². The third-order valence-electron chi connectivity index (χ3n) is 3.89. The quantitative estimate of drug-likeness (QED) is 0.871. The van der Waals surface area contributed by atoms with Gasteiger partial charge in [0.1, 0.15) is 0 Å². The molecule has 20 heavy (non-hydrogen) atoms. The number of aryl methyl sites for hydroxylation is 1. The van der Waals surface area contributed by atoms with Crippen LogP contribution in [0.1, 0.15) is 29.7 Å². The van der Waals surface area contributed by atoms with Crippen molar-refractivity contribution in [1.29, 1.82) is 0 Å². The largest absolute Gasteiger partial charge is 0.392 e. The molecule has 1 aliphatic heterocycles. The lowest BCUT2D eigenvalue weighted by Crippen LogP contribution is -2.40. The molecule has 1 unspecified atom stereocenters. The lowest BCUT2D eigenvalue weighted by molar-refractivity contribution is 0.0920. The van der Waals surface area contributed by atoms with Crippen molar-refractivity contribution in [2.24, 2.45) is 5.92 Å². The molecule has 2 rings (SSSR count). The van der Waals surface area contributed by atoms with Crippen molar-refractivity contribution in [3.63, 3.8) is 0 Å². The van der Waals surface area contributed by atoms with Crippen molar-refractivity contribution < 1.29 is 5.11 Å². The Morgan fingerprint density at radius 1 is 1.50 bits per heavy atom. The standard InChI is InChI=1S/C15H27N3OS/c1-12(19)9-18-6-4-14(5-7-18)10-17(3)11-15-8-16-13(2)20-15/h8,12,14,19H,4-7,9-11H2,1-3H3. The van der Waals surface area contributed by atoms with Crippen molar-refractivity contribution in [1.82, 2.24) is 14.8 Å². The minimum Gasteiger partial charge on any atom is -0.392 e. The number of likely N-dealkylation sites (tertiary alicyclic amines) is 1. The molecule has 0 aliphatic carbocycles. The maximum absolute atomic E-state index is 9.43. The molecule has 0 amide bonds. The lowest BCUT2D eigenvalue weighted by Gasteiger charge is -2.34. The first-order valence-corrected chi connectivity index (χ1v) is 8.35. The van der Waals surface area contributed by atoms with Crippen LogP contribution in [0, 0.1) is 12.8 Å². The number of hydrogen-bond donors (Lipinski definition) is 1. The van der Waals surface area contributed by atoms with Gasteiger partial charge < -0.3 is 14.9 Å². The number of aromatic nitrogens is 1. The van der Waals surface area contributed by atoms with Gasteiger partial charge in [0.2, 0.25) is 0 Å². The Bertz CT molecular complexity index is 400. The Labute approximate surface area is 126 Å². The topological polar surface area (TPSA) is 39.6 Å². The van der Waals surface area contributed by atoms with Crippen molar-refractivity contribution in [2.45, 2.75) is 39.3 Å². The van der Waals surface area contributed by atoms with Crippen LogP contribution in [0.2, 0.25) is 0 Å². The molecular weight excluding hydrogens is 270 g/mol. The highest BCUT2D eigenvalue weighted by molar-refractivity contribution is 7.11. The van der Waals surface area contributed by atoms with Crippen LogP contribution < -0.4 is 0 Å². The highest BCUT2D eigenvalue weighted by Gasteiger charge is 2.21. The zero-order chi connectivity index (χ0) is 14.5. The molecule has 1 fully saturated rings. The third-order valence-corrected chi connectivity index (χ3v) is 4.79. The van der Waals surface area contributed by atoms with E-state index >= 15 is 0 Å². The fourth-order valence-electron chi connectivity index (χ4n) is 2.98. The zero-order valence-electron chi connectivity index (χ0n) is 12.9. The van der Waals surface area contributed by atoms with Gasteiger partial charge in [-0.1, -0.05) is 0 Å². The van der Waals surface area contributed by atoms with E-state index in [-0.39, 0.29) is 6.10 Å². The normalized spacial score (nSPS) is 19.6. The number of piperidine rings is 1. The fraction of sp³-hybridized carbons (Fsp3) is 0.800. The molecule has 1 N–H and O–H groups in total. The van der Waals surface area contributed by atoms with Crippen LogP contribution in [0.15, 0.2) is 6.20 Å². The maximum atomic E-state index is 9.43. The second-order valence-electron chi connectivity index (χ2n) is 6.14. The summed E-state index contributed by atoms with van der Waals surface area (Å²) in [5, 5.41) is 10.6. The maximum Gasteiger partial charge on any atom is 0.0897 e. The predicted molar refractivity (Wildman–Crippen MR) is 84.0 cm³/mol. The molecule has 1 aliphatic rings. The van der Waals surface area contributed by atoms with Crippen molar-refractivity contribution in [3.05, 3.63) is 16.1 Å². The van der Waals surface area contributed by atoms with Gasteiger partial charge in [-0.2, -0.15) is 0 Å². The summed E-state index contributed by atoms with van der Waals surface area (Å²) in [6.45, 7) is 9.19. The minimum atomic E-state index is -0.205. The number of rotatable bonds is 6. The van der Waals surface area contributed by atoms with Crippen molar-refractivity contribution >= 4 is 11.3 Å².